The number of nitrogens with zero attached hydrogens (tertiary/aromatic N) is 4. The smallest absolute Gasteiger partial charge is 0.226 e. The van der Waals surface area contributed by atoms with Crippen LogP contribution in [0.1, 0.15) is 40.2 Å². The minimum absolute atomic E-state index is 0.0182. The van der Waals surface area contributed by atoms with Gasteiger partial charge in [0.2, 0.25) is 5.91 Å². The highest BCUT2D eigenvalue weighted by Crippen LogP contribution is 2.26. The van der Waals surface area contributed by atoms with E-state index in [9.17, 15) is 9.59 Å². The van der Waals surface area contributed by atoms with Crippen LogP contribution in [0, 0.1) is 19.8 Å². The Kier molecular flexibility index (Phi) is 7.26. The van der Waals surface area contributed by atoms with Crippen LogP contribution in [0.2, 0.25) is 0 Å². The predicted octanol–water partition coefficient (Wildman–Crippen LogP) is 2.74. The van der Waals surface area contributed by atoms with Crippen molar-refractivity contribution in [3.8, 4) is 0 Å². The van der Waals surface area contributed by atoms with Gasteiger partial charge in [0.05, 0.1) is 12.3 Å². The maximum absolute atomic E-state index is 13.4. The molecule has 0 aliphatic carbocycles. The zero-order valence-electron chi connectivity index (χ0n) is 18.4. The summed E-state index contributed by atoms with van der Waals surface area (Å²) in [6.45, 7) is 7.38. The van der Waals surface area contributed by atoms with E-state index in [1.54, 1.807) is 7.11 Å². The van der Waals surface area contributed by atoms with Gasteiger partial charge in [-0.15, -0.1) is 0 Å². The number of hydrogen-bond acceptors (Lipinski definition) is 5. The minimum atomic E-state index is 0.0182. The van der Waals surface area contributed by atoms with Crippen LogP contribution in [0.15, 0.2) is 24.3 Å². The van der Waals surface area contributed by atoms with Crippen molar-refractivity contribution in [2.45, 2.75) is 33.2 Å². The van der Waals surface area contributed by atoms with Crippen molar-refractivity contribution in [3.05, 3.63) is 46.8 Å². The number of hydrogen-bond donors (Lipinski definition) is 0. The highest BCUT2D eigenvalue weighted by Gasteiger charge is 2.29. The number of ether oxygens (including phenoxy) is 1. The molecule has 0 saturated carbocycles. The molecule has 1 saturated heterocycles. The monoisotopic (exact) mass is 412 g/mol. The Morgan fingerprint density at radius 2 is 1.90 bits per heavy atom. The van der Waals surface area contributed by atoms with Crippen molar-refractivity contribution < 1.29 is 14.3 Å². The van der Waals surface area contributed by atoms with Crippen molar-refractivity contribution >= 4 is 17.9 Å². The molecule has 3 rings (SSSR count). The number of aromatic nitrogens is 2. The molecule has 1 amide bonds. The second-order valence-electron chi connectivity index (χ2n) is 8.00. The first-order valence-corrected chi connectivity index (χ1v) is 10.5. The van der Waals surface area contributed by atoms with E-state index in [0.717, 1.165) is 54.9 Å². The number of piperidine rings is 1. The number of rotatable bonds is 8. The van der Waals surface area contributed by atoms with Gasteiger partial charge in [0.25, 0.3) is 0 Å². The highest BCUT2D eigenvalue weighted by atomic mass is 16.5. The van der Waals surface area contributed by atoms with E-state index >= 15 is 0 Å². The van der Waals surface area contributed by atoms with E-state index in [0.29, 0.717) is 25.3 Å². The molecule has 1 aliphatic rings. The predicted molar refractivity (Wildman–Crippen MR) is 117 cm³/mol. The van der Waals surface area contributed by atoms with Gasteiger partial charge in [0, 0.05) is 68.8 Å². The van der Waals surface area contributed by atoms with Crippen molar-refractivity contribution in [1.29, 1.82) is 0 Å². The normalized spacial score (nSPS) is 14.7. The maximum Gasteiger partial charge on any atom is 0.226 e. The molecule has 2 aromatic rings. The van der Waals surface area contributed by atoms with Gasteiger partial charge < -0.3 is 14.5 Å². The quantitative estimate of drug-likeness (QED) is 0.624. The van der Waals surface area contributed by atoms with Gasteiger partial charge in [-0.2, -0.15) is 5.10 Å². The summed E-state index contributed by atoms with van der Waals surface area (Å²) >= 11 is 0. The second-order valence-corrected chi connectivity index (χ2v) is 8.00. The van der Waals surface area contributed by atoms with E-state index in [2.05, 4.69) is 10.00 Å². The number of aldehydes is 1. The van der Waals surface area contributed by atoms with Crippen molar-refractivity contribution in [3.63, 3.8) is 0 Å². The Morgan fingerprint density at radius 3 is 2.43 bits per heavy atom. The summed E-state index contributed by atoms with van der Waals surface area (Å²) in [5, 5.41) is 4.49. The SMILES string of the molecule is COCCN(Cc1c(C)nn(C)c1C)C(=O)C1CCN(c2ccc(C=O)cc2)CC1. The van der Waals surface area contributed by atoms with Gasteiger partial charge in [-0.1, -0.05) is 0 Å². The van der Waals surface area contributed by atoms with E-state index in [1.165, 1.54) is 0 Å². The summed E-state index contributed by atoms with van der Waals surface area (Å²) in [4.78, 5) is 28.4. The number of benzene rings is 1. The number of amides is 1. The Morgan fingerprint density at radius 1 is 1.23 bits per heavy atom. The number of carbonyl (C=O) groups excluding carboxylic acids is 2. The molecule has 0 unspecified atom stereocenters. The highest BCUT2D eigenvalue weighted by molar-refractivity contribution is 5.79. The van der Waals surface area contributed by atoms with Crippen LogP contribution >= 0.6 is 0 Å². The van der Waals surface area contributed by atoms with E-state index < -0.39 is 0 Å². The lowest BCUT2D eigenvalue weighted by atomic mass is 9.94. The summed E-state index contributed by atoms with van der Waals surface area (Å²) in [5.41, 5.74) is 4.97. The zero-order valence-corrected chi connectivity index (χ0v) is 18.4. The first kappa shape index (κ1) is 22.0. The molecule has 0 spiro atoms. The molecule has 1 aromatic heterocycles. The Hall–Kier alpha value is -2.67. The standard InChI is InChI=1S/C23H32N4O3/c1-17-22(18(2)25(3)24-17)15-27(13-14-30-4)23(29)20-9-11-26(12-10-20)21-7-5-19(16-28)6-8-21/h5-8,16,20H,9-15H2,1-4H3. The second kappa shape index (κ2) is 9.89. The molecule has 2 heterocycles. The van der Waals surface area contributed by atoms with Gasteiger partial charge in [-0.3, -0.25) is 14.3 Å². The Balaban J connectivity index is 1.65. The average Bonchev–Trinajstić information content (AvgIpc) is 3.02. The molecule has 0 N–H and O–H groups in total. The Labute approximate surface area is 178 Å². The number of aryl methyl sites for hydroxylation is 2. The summed E-state index contributed by atoms with van der Waals surface area (Å²) in [6.07, 6.45) is 2.50. The van der Waals surface area contributed by atoms with Crippen LogP contribution in [-0.2, 0) is 23.1 Å². The molecule has 7 heteroatoms. The summed E-state index contributed by atoms with van der Waals surface area (Å²) in [6, 6.07) is 7.63. The van der Waals surface area contributed by atoms with Crippen LogP contribution in [0.4, 0.5) is 5.69 Å². The minimum Gasteiger partial charge on any atom is -0.383 e. The number of carbonyl (C=O) groups is 2. The van der Waals surface area contributed by atoms with Gasteiger partial charge in [0.15, 0.2) is 0 Å². The van der Waals surface area contributed by atoms with E-state index in [-0.39, 0.29) is 11.8 Å². The molecule has 1 fully saturated rings. The van der Waals surface area contributed by atoms with Gasteiger partial charge in [-0.25, -0.2) is 0 Å². The fourth-order valence-corrected chi connectivity index (χ4v) is 4.11. The molecule has 0 radical (unpaired) electrons. The number of methoxy groups -OCH3 is 1. The van der Waals surface area contributed by atoms with Crippen LogP contribution in [0.25, 0.3) is 0 Å². The first-order chi connectivity index (χ1) is 14.4. The first-order valence-electron chi connectivity index (χ1n) is 10.5. The maximum atomic E-state index is 13.4. The summed E-state index contributed by atoms with van der Waals surface area (Å²) < 4.78 is 7.13. The molecule has 30 heavy (non-hydrogen) atoms. The largest absolute Gasteiger partial charge is 0.383 e. The average molecular weight is 413 g/mol. The number of anilines is 1. The van der Waals surface area contributed by atoms with Crippen molar-refractivity contribution in [2.75, 3.05) is 38.3 Å². The lowest BCUT2D eigenvalue weighted by Gasteiger charge is -2.35. The Bertz CT molecular complexity index is 867. The van der Waals surface area contributed by atoms with Crippen LogP contribution in [0.5, 0.6) is 0 Å². The van der Waals surface area contributed by atoms with Gasteiger partial charge >= 0.3 is 0 Å². The molecule has 7 nitrogen and oxygen atoms in total. The zero-order chi connectivity index (χ0) is 21.7. The molecule has 0 bridgehead atoms. The molecule has 1 aliphatic heterocycles. The molecular weight excluding hydrogens is 380 g/mol. The van der Waals surface area contributed by atoms with Crippen molar-refractivity contribution in [1.82, 2.24) is 14.7 Å². The summed E-state index contributed by atoms with van der Waals surface area (Å²) in [5.74, 6) is 0.218. The van der Waals surface area contributed by atoms with Gasteiger partial charge in [-0.05, 0) is 51.0 Å². The molecule has 1 aromatic carbocycles. The van der Waals surface area contributed by atoms with E-state index in [1.807, 2.05) is 54.7 Å². The van der Waals surface area contributed by atoms with Gasteiger partial charge in [0.1, 0.15) is 6.29 Å². The lowest BCUT2D eigenvalue weighted by molar-refractivity contribution is -0.137. The molecular formula is C23H32N4O3. The molecule has 162 valence electrons. The fourth-order valence-electron chi connectivity index (χ4n) is 4.11. The fraction of sp³-hybridized carbons (Fsp3) is 0.522. The summed E-state index contributed by atoms with van der Waals surface area (Å²) in [7, 11) is 3.60. The van der Waals surface area contributed by atoms with Crippen LogP contribution < -0.4 is 4.90 Å². The van der Waals surface area contributed by atoms with E-state index in [4.69, 9.17) is 4.74 Å². The third-order valence-electron chi connectivity index (χ3n) is 6.12. The molecule has 0 atom stereocenters. The van der Waals surface area contributed by atoms with Crippen LogP contribution in [0.3, 0.4) is 0 Å². The third kappa shape index (κ3) is 4.90. The topological polar surface area (TPSA) is 67.7 Å². The third-order valence-corrected chi connectivity index (χ3v) is 6.12. The lowest BCUT2D eigenvalue weighted by Crippen LogP contribution is -2.43. The van der Waals surface area contributed by atoms with Crippen LogP contribution in [-0.4, -0.2) is 60.2 Å². The van der Waals surface area contributed by atoms with Crippen molar-refractivity contribution in [2.24, 2.45) is 13.0 Å².